The number of hydrogen-bond acceptors (Lipinski definition) is 3. The minimum Gasteiger partial charge on any atom is -0.453 e. The van der Waals surface area contributed by atoms with E-state index in [0.717, 1.165) is 11.3 Å². The number of aromatic nitrogens is 1. The molecule has 2 aromatic rings. The van der Waals surface area contributed by atoms with Gasteiger partial charge in [0.05, 0.1) is 11.8 Å². The molecule has 1 aliphatic rings. The van der Waals surface area contributed by atoms with Crippen LogP contribution in [0.2, 0.25) is 0 Å². The Morgan fingerprint density at radius 1 is 1.06 bits per heavy atom. The number of para-hydroxylation sites is 2. The standard InChI is InChI=1S/C12H7ClN2O/c13-12-8-5-6-14-7-11(8)16-10-4-2-1-3-9(10)15-12/h1-7H. The first-order chi connectivity index (χ1) is 7.84. The molecule has 1 aliphatic heterocycles. The van der Waals surface area contributed by atoms with Crippen LogP contribution in [0.3, 0.4) is 0 Å². The van der Waals surface area contributed by atoms with Gasteiger partial charge in [-0.2, -0.15) is 0 Å². The number of fused-ring (bicyclic) bond motifs is 2. The molecule has 3 nitrogen and oxygen atoms in total. The summed E-state index contributed by atoms with van der Waals surface area (Å²) in [5.41, 5.74) is 1.48. The van der Waals surface area contributed by atoms with Crippen LogP contribution in [0.4, 0.5) is 5.69 Å². The number of halogens is 1. The molecular formula is C12H7ClN2O. The van der Waals surface area contributed by atoms with Crippen molar-refractivity contribution in [2.45, 2.75) is 0 Å². The van der Waals surface area contributed by atoms with Gasteiger partial charge < -0.3 is 4.74 Å². The molecule has 0 aliphatic carbocycles. The van der Waals surface area contributed by atoms with Crippen molar-refractivity contribution in [1.29, 1.82) is 0 Å². The van der Waals surface area contributed by atoms with Crippen LogP contribution in [-0.2, 0) is 0 Å². The summed E-state index contributed by atoms with van der Waals surface area (Å²) < 4.78 is 5.71. The zero-order chi connectivity index (χ0) is 11.0. The van der Waals surface area contributed by atoms with E-state index in [9.17, 15) is 0 Å². The van der Waals surface area contributed by atoms with Gasteiger partial charge in [0, 0.05) is 6.20 Å². The molecule has 4 heteroatoms. The van der Waals surface area contributed by atoms with Crippen LogP contribution in [0.15, 0.2) is 47.7 Å². The van der Waals surface area contributed by atoms with Gasteiger partial charge in [-0.3, -0.25) is 4.98 Å². The fraction of sp³-hybridized carbons (Fsp3) is 0. The van der Waals surface area contributed by atoms with Crippen LogP contribution < -0.4 is 4.74 Å². The Balaban J connectivity index is 2.25. The summed E-state index contributed by atoms with van der Waals surface area (Å²) in [7, 11) is 0. The zero-order valence-corrected chi connectivity index (χ0v) is 8.98. The lowest BCUT2D eigenvalue weighted by Gasteiger charge is -2.06. The summed E-state index contributed by atoms with van der Waals surface area (Å²) in [5.74, 6) is 1.31. The summed E-state index contributed by atoms with van der Waals surface area (Å²) in [5, 5.41) is 0.419. The quantitative estimate of drug-likeness (QED) is 0.694. The number of aliphatic imine (C=N–C) groups is 1. The Labute approximate surface area is 97.4 Å². The average Bonchev–Trinajstić information content (AvgIpc) is 2.45. The molecule has 0 unspecified atom stereocenters. The highest BCUT2D eigenvalue weighted by Crippen LogP contribution is 2.37. The lowest BCUT2D eigenvalue weighted by molar-refractivity contribution is 0.482. The maximum atomic E-state index is 6.12. The molecular weight excluding hydrogens is 224 g/mol. The number of hydrogen-bond donors (Lipinski definition) is 0. The van der Waals surface area contributed by atoms with E-state index in [1.165, 1.54) is 0 Å². The monoisotopic (exact) mass is 230 g/mol. The Kier molecular flexibility index (Phi) is 2.11. The second-order valence-electron chi connectivity index (χ2n) is 3.34. The van der Waals surface area contributed by atoms with Gasteiger partial charge in [-0.15, -0.1) is 0 Å². The molecule has 2 heterocycles. The van der Waals surface area contributed by atoms with Crippen LogP contribution in [0.1, 0.15) is 5.56 Å². The average molecular weight is 231 g/mol. The van der Waals surface area contributed by atoms with Crippen LogP contribution in [0, 0.1) is 0 Å². The Hall–Kier alpha value is -1.87. The van der Waals surface area contributed by atoms with Crippen molar-refractivity contribution in [2.75, 3.05) is 0 Å². The van der Waals surface area contributed by atoms with Crippen LogP contribution >= 0.6 is 11.6 Å². The van der Waals surface area contributed by atoms with Gasteiger partial charge in [-0.05, 0) is 18.2 Å². The van der Waals surface area contributed by atoms with Crippen molar-refractivity contribution in [2.24, 2.45) is 4.99 Å². The largest absolute Gasteiger partial charge is 0.453 e. The van der Waals surface area contributed by atoms with Gasteiger partial charge in [0.2, 0.25) is 0 Å². The SMILES string of the molecule is ClC1=Nc2ccccc2Oc2cnccc21. The van der Waals surface area contributed by atoms with E-state index in [-0.39, 0.29) is 0 Å². The Morgan fingerprint density at radius 3 is 2.88 bits per heavy atom. The Bertz CT molecular complexity index is 581. The van der Waals surface area contributed by atoms with Gasteiger partial charge in [0.25, 0.3) is 0 Å². The first-order valence-electron chi connectivity index (χ1n) is 4.80. The molecule has 3 rings (SSSR count). The number of benzene rings is 1. The molecule has 0 fully saturated rings. The number of nitrogens with zero attached hydrogens (tertiary/aromatic N) is 2. The van der Waals surface area contributed by atoms with E-state index in [0.29, 0.717) is 16.7 Å². The van der Waals surface area contributed by atoms with E-state index in [1.54, 1.807) is 18.5 Å². The van der Waals surface area contributed by atoms with Crippen molar-refractivity contribution in [3.8, 4) is 11.5 Å². The second kappa shape index (κ2) is 3.61. The highest BCUT2D eigenvalue weighted by molar-refractivity contribution is 6.70. The van der Waals surface area contributed by atoms with Gasteiger partial charge in [-0.25, -0.2) is 4.99 Å². The van der Waals surface area contributed by atoms with Gasteiger partial charge in [0.1, 0.15) is 10.9 Å². The maximum Gasteiger partial charge on any atom is 0.156 e. The van der Waals surface area contributed by atoms with E-state index < -0.39 is 0 Å². The molecule has 0 amide bonds. The molecule has 0 saturated carbocycles. The predicted molar refractivity (Wildman–Crippen MR) is 62.8 cm³/mol. The molecule has 0 N–H and O–H groups in total. The minimum atomic E-state index is 0.419. The fourth-order valence-corrected chi connectivity index (χ4v) is 1.80. The van der Waals surface area contributed by atoms with E-state index in [2.05, 4.69) is 9.98 Å². The summed E-state index contributed by atoms with van der Waals surface area (Å²) >= 11 is 6.12. The third-order valence-electron chi connectivity index (χ3n) is 2.31. The first kappa shape index (κ1) is 9.36. The molecule has 0 radical (unpaired) electrons. The molecule has 1 aromatic carbocycles. The summed E-state index contributed by atoms with van der Waals surface area (Å²) in [4.78, 5) is 8.32. The molecule has 0 atom stereocenters. The third-order valence-corrected chi connectivity index (χ3v) is 2.60. The third kappa shape index (κ3) is 1.46. The lowest BCUT2D eigenvalue weighted by Crippen LogP contribution is -1.93. The number of pyridine rings is 1. The maximum absolute atomic E-state index is 6.12. The summed E-state index contributed by atoms with van der Waals surface area (Å²) in [6.07, 6.45) is 3.30. The van der Waals surface area contributed by atoms with E-state index in [1.807, 2.05) is 24.3 Å². The lowest BCUT2D eigenvalue weighted by atomic mass is 10.3. The van der Waals surface area contributed by atoms with Gasteiger partial charge in [-0.1, -0.05) is 23.7 Å². The number of rotatable bonds is 0. The van der Waals surface area contributed by atoms with Crippen molar-refractivity contribution >= 4 is 22.5 Å². The predicted octanol–water partition coefficient (Wildman–Crippen LogP) is 3.50. The highest BCUT2D eigenvalue weighted by Gasteiger charge is 2.15. The minimum absolute atomic E-state index is 0.419. The molecule has 0 spiro atoms. The summed E-state index contributed by atoms with van der Waals surface area (Å²) in [6, 6.07) is 9.28. The molecule has 0 saturated heterocycles. The van der Waals surface area contributed by atoms with Crippen molar-refractivity contribution in [1.82, 2.24) is 4.98 Å². The molecule has 1 aromatic heterocycles. The zero-order valence-electron chi connectivity index (χ0n) is 8.22. The smallest absolute Gasteiger partial charge is 0.156 e. The molecule has 78 valence electrons. The van der Waals surface area contributed by atoms with E-state index >= 15 is 0 Å². The number of ether oxygens (including phenoxy) is 1. The van der Waals surface area contributed by atoms with Crippen molar-refractivity contribution in [3.63, 3.8) is 0 Å². The molecule has 16 heavy (non-hydrogen) atoms. The summed E-state index contributed by atoms with van der Waals surface area (Å²) in [6.45, 7) is 0. The van der Waals surface area contributed by atoms with Gasteiger partial charge in [0.15, 0.2) is 11.5 Å². The van der Waals surface area contributed by atoms with Crippen LogP contribution in [0.25, 0.3) is 0 Å². The van der Waals surface area contributed by atoms with Crippen molar-refractivity contribution in [3.05, 3.63) is 48.3 Å². The van der Waals surface area contributed by atoms with Crippen LogP contribution in [-0.4, -0.2) is 10.2 Å². The highest BCUT2D eigenvalue weighted by atomic mass is 35.5. The Morgan fingerprint density at radius 2 is 1.94 bits per heavy atom. The molecule has 0 bridgehead atoms. The second-order valence-corrected chi connectivity index (χ2v) is 3.70. The van der Waals surface area contributed by atoms with Crippen molar-refractivity contribution < 1.29 is 4.74 Å². The first-order valence-corrected chi connectivity index (χ1v) is 5.18. The normalized spacial score (nSPS) is 12.9. The van der Waals surface area contributed by atoms with E-state index in [4.69, 9.17) is 16.3 Å². The topological polar surface area (TPSA) is 34.5 Å². The van der Waals surface area contributed by atoms with Crippen LogP contribution in [0.5, 0.6) is 11.5 Å². The fourth-order valence-electron chi connectivity index (χ4n) is 1.55. The van der Waals surface area contributed by atoms with Gasteiger partial charge >= 0.3 is 0 Å².